The van der Waals surface area contributed by atoms with Crippen LogP contribution < -0.4 is 5.73 Å². The maximum absolute atomic E-state index is 5.64. The molecule has 0 aromatic rings. The zero-order valence-electron chi connectivity index (χ0n) is 6.68. The van der Waals surface area contributed by atoms with Gasteiger partial charge in [0.2, 0.25) is 0 Å². The zero-order valence-corrected chi connectivity index (χ0v) is 6.68. The van der Waals surface area contributed by atoms with E-state index >= 15 is 0 Å². The molecule has 1 aliphatic rings. The van der Waals surface area contributed by atoms with Crippen molar-refractivity contribution < 1.29 is 4.74 Å². The van der Waals surface area contributed by atoms with E-state index in [0.29, 0.717) is 12.6 Å². The van der Waals surface area contributed by atoms with Gasteiger partial charge in [0.1, 0.15) is 0 Å². The third kappa shape index (κ3) is 2.27. The fourth-order valence-electron chi connectivity index (χ4n) is 1.41. The summed E-state index contributed by atoms with van der Waals surface area (Å²) < 4.78 is 5.64. The lowest BCUT2D eigenvalue weighted by atomic mass is 10.3. The Balaban J connectivity index is 2.11. The second kappa shape index (κ2) is 3.94. The van der Waals surface area contributed by atoms with Gasteiger partial charge in [0.15, 0.2) is 0 Å². The van der Waals surface area contributed by atoms with Crippen LogP contribution in [0.15, 0.2) is 0 Å². The van der Waals surface area contributed by atoms with E-state index in [0.717, 1.165) is 0 Å². The predicted octanol–water partition coefficient (Wildman–Crippen LogP) is 1.29. The third-order valence-corrected chi connectivity index (χ3v) is 2.06. The lowest BCUT2D eigenvalue weighted by Gasteiger charge is -2.16. The van der Waals surface area contributed by atoms with Crippen molar-refractivity contribution in [2.45, 2.75) is 44.8 Å². The van der Waals surface area contributed by atoms with Crippen LogP contribution in [-0.4, -0.2) is 18.8 Å². The highest BCUT2D eigenvalue weighted by Crippen LogP contribution is 2.21. The molecule has 0 aliphatic heterocycles. The van der Waals surface area contributed by atoms with E-state index in [1.165, 1.54) is 25.7 Å². The third-order valence-electron chi connectivity index (χ3n) is 2.06. The van der Waals surface area contributed by atoms with Gasteiger partial charge in [0.05, 0.1) is 12.2 Å². The molecule has 0 saturated heterocycles. The van der Waals surface area contributed by atoms with Crippen LogP contribution in [0.25, 0.3) is 0 Å². The molecule has 0 unspecified atom stereocenters. The molecule has 2 heteroatoms. The minimum atomic E-state index is 0.253. The van der Waals surface area contributed by atoms with Gasteiger partial charge in [-0.05, 0) is 19.8 Å². The second-order valence-corrected chi connectivity index (χ2v) is 3.09. The quantitative estimate of drug-likeness (QED) is 0.646. The first-order valence-corrected chi connectivity index (χ1v) is 4.18. The second-order valence-electron chi connectivity index (χ2n) is 3.09. The van der Waals surface area contributed by atoms with E-state index in [1.54, 1.807) is 0 Å². The van der Waals surface area contributed by atoms with Crippen LogP contribution >= 0.6 is 0 Å². The number of hydrogen-bond donors (Lipinski definition) is 1. The van der Waals surface area contributed by atoms with Crippen molar-refractivity contribution in [3.63, 3.8) is 0 Å². The maximum Gasteiger partial charge on any atom is 0.0672 e. The Labute approximate surface area is 62.7 Å². The van der Waals surface area contributed by atoms with E-state index in [4.69, 9.17) is 10.5 Å². The van der Waals surface area contributed by atoms with Gasteiger partial charge in [-0.15, -0.1) is 0 Å². The summed E-state index contributed by atoms with van der Waals surface area (Å²) in [5, 5.41) is 0. The van der Waals surface area contributed by atoms with Gasteiger partial charge in [-0.25, -0.2) is 0 Å². The van der Waals surface area contributed by atoms with Gasteiger partial charge < -0.3 is 10.5 Å². The minimum Gasteiger partial charge on any atom is -0.374 e. The molecule has 1 aliphatic carbocycles. The summed E-state index contributed by atoms with van der Waals surface area (Å²) in [6, 6.07) is 0. The topological polar surface area (TPSA) is 35.2 Å². The molecule has 1 saturated carbocycles. The first-order valence-electron chi connectivity index (χ1n) is 4.18. The van der Waals surface area contributed by atoms with Crippen LogP contribution in [0.1, 0.15) is 32.6 Å². The molecule has 10 heavy (non-hydrogen) atoms. The van der Waals surface area contributed by atoms with Crippen molar-refractivity contribution in [3.8, 4) is 0 Å². The molecule has 1 atom stereocenters. The largest absolute Gasteiger partial charge is 0.374 e. The van der Waals surface area contributed by atoms with Crippen LogP contribution in [0.2, 0.25) is 0 Å². The lowest BCUT2D eigenvalue weighted by Crippen LogP contribution is -2.24. The number of hydrogen-bond acceptors (Lipinski definition) is 2. The Morgan fingerprint density at radius 1 is 1.50 bits per heavy atom. The van der Waals surface area contributed by atoms with Gasteiger partial charge in [0, 0.05) is 6.54 Å². The Kier molecular flexibility index (Phi) is 3.16. The molecule has 0 spiro atoms. The lowest BCUT2D eigenvalue weighted by molar-refractivity contribution is 0.00739. The van der Waals surface area contributed by atoms with Gasteiger partial charge >= 0.3 is 0 Å². The van der Waals surface area contributed by atoms with E-state index < -0.39 is 0 Å². The van der Waals surface area contributed by atoms with Crippen LogP contribution in [0.3, 0.4) is 0 Å². The van der Waals surface area contributed by atoms with Gasteiger partial charge in [-0.1, -0.05) is 12.8 Å². The summed E-state index contributed by atoms with van der Waals surface area (Å²) in [4.78, 5) is 0. The minimum absolute atomic E-state index is 0.253. The van der Waals surface area contributed by atoms with Crippen molar-refractivity contribution in [2.75, 3.05) is 6.54 Å². The molecule has 0 bridgehead atoms. The monoisotopic (exact) mass is 143 g/mol. The van der Waals surface area contributed by atoms with Crippen molar-refractivity contribution in [1.29, 1.82) is 0 Å². The molecule has 1 rings (SSSR count). The summed E-state index contributed by atoms with van der Waals surface area (Å²) in [6.07, 6.45) is 5.92. The fraction of sp³-hybridized carbons (Fsp3) is 1.00. The smallest absolute Gasteiger partial charge is 0.0672 e. The molecule has 0 aromatic heterocycles. The summed E-state index contributed by atoms with van der Waals surface area (Å²) >= 11 is 0. The van der Waals surface area contributed by atoms with Crippen LogP contribution in [0.5, 0.6) is 0 Å². The Morgan fingerprint density at radius 2 is 2.10 bits per heavy atom. The van der Waals surface area contributed by atoms with Gasteiger partial charge in [0.25, 0.3) is 0 Å². The van der Waals surface area contributed by atoms with Crippen molar-refractivity contribution in [2.24, 2.45) is 5.73 Å². The van der Waals surface area contributed by atoms with E-state index in [-0.39, 0.29) is 6.10 Å². The fourth-order valence-corrected chi connectivity index (χ4v) is 1.41. The first-order chi connectivity index (χ1) is 4.83. The predicted molar refractivity (Wildman–Crippen MR) is 41.9 cm³/mol. The molecule has 0 heterocycles. The van der Waals surface area contributed by atoms with Gasteiger partial charge in [-0.2, -0.15) is 0 Å². The number of nitrogens with two attached hydrogens (primary N) is 1. The first kappa shape index (κ1) is 8.02. The summed E-state index contributed by atoms with van der Waals surface area (Å²) in [5.41, 5.74) is 5.43. The highest BCUT2D eigenvalue weighted by atomic mass is 16.5. The Bertz CT molecular complexity index is 89.3. The van der Waals surface area contributed by atoms with Gasteiger partial charge in [-0.3, -0.25) is 0 Å². The summed E-state index contributed by atoms with van der Waals surface area (Å²) in [7, 11) is 0. The van der Waals surface area contributed by atoms with Crippen molar-refractivity contribution >= 4 is 0 Å². The molecule has 1 fully saturated rings. The van der Waals surface area contributed by atoms with Crippen LogP contribution in [0.4, 0.5) is 0 Å². The molecule has 2 N–H and O–H groups in total. The standard InChI is InChI=1S/C8H17NO/c1-7(6-9)10-8-4-2-3-5-8/h7-8H,2-6,9H2,1H3/t7-/m0/s1. The van der Waals surface area contributed by atoms with E-state index in [1.807, 2.05) is 6.92 Å². The average molecular weight is 143 g/mol. The molecule has 0 amide bonds. The van der Waals surface area contributed by atoms with Crippen LogP contribution in [0, 0.1) is 0 Å². The zero-order chi connectivity index (χ0) is 7.40. The van der Waals surface area contributed by atoms with Crippen molar-refractivity contribution in [1.82, 2.24) is 0 Å². The average Bonchev–Trinajstić information content (AvgIpc) is 2.40. The van der Waals surface area contributed by atoms with E-state index in [9.17, 15) is 0 Å². The Hall–Kier alpha value is -0.0800. The molecule has 60 valence electrons. The SMILES string of the molecule is C[C@@H](CN)OC1CCCC1. The molecular weight excluding hydrogens is 126 g/mol. The molecule has 0 aromatic carbocycles. The van der Waals surface area contributed by atoms with Crippen LogP contribution in [-0.2, 0) is 4.74 Å². The van der Waals surface area contributed by atoms with E-state index in [2.05, 4.69) is 0 Å². The highest BCUT2D eigenvalue weighted by molar-refractivity contribution is 4.68. The highest BCUT2D eigenvalue weighted by Gasteiger charge is 2.16. The summed E-state index contributed by atoms with van der Waals surface area (Å²) in [6.45, 7) is 2.69. The number of ether oxygens (including phenoxy) is 1. The maximum atomic E-state index is 5.64. The number of rotatable bonds is 3. The molecule has 0 radical (unpaired) electrons. The molecular formula is C8H17NO. The Morgan fingerprint density at radius 3 is 2.60 bits per heavy atom. The normalized spacial score (nSPS) is 23.4. The van der Waals surface area contributed by atoms with Crippen molar-refractivity contribution in [3.05, 3.63) is 0 Å². The summed E-state index contributed by atoms with van der Waals surface area (Å²) in [5.74, 6) is 0. The molecule has 2 nitrogen and oxygen atoms in total.